The summed E-state index contributed by atoms with van der Waals surface area (Å²) in [7, 11) is 0. The first-order chi connectivity index (χ1) is 5.59. The third-order valence-electron chi connectivity index (χ3n) is 1.76. The summed E-state index contributed by atoms with van der Waals surface area (Å²) in [6.45, 7) is 3.95. The van der Waals surface area contributed by atoms with Gasteiger partial charge in [-0.1, -0.05) is 23.3 Å². The number of halogens is 1. The Morgan fingerprint density at radius 1 is 1.42 bits per heavy atom. The van der Waals surface area contributed by atoms with Gasteiger partial charge in [-0.05, 0) is 37.9 Å². The van der Waals surface area contributed by atoms with Crippen LogP contribution < -0.4 is 0 Å². The predicted octanol–water partition coefficient (Wildman–Crippen LogP) is 2.97. The molecule has 1 aliphatic carbocycles. The van der Waals surface area contributed by atoms with Crippen molar-refractivity contribution >= 4 is 16.8 Å². The fourth-order valence-electron chi connectivity index (χ4n) is 1.11. The molecule has 1 nitrogen and oxygen atoms in total. The van der Waals surface area contributed by atoms with E-state index in [4.69, 9.17) is 11.6 Å². The highest BCUT2D eigenvalue weighted by molar-refractivity contribution is 6.68. The van der Waals surface area contributed by atoms with Gasteiger partial charge in [-0.2, -0.15) is 0 Å². The van der Waals surface area contributed by atoms with Gasteiger partial charge in [0.2, 0.25) is 0 Å². The van der Waals surface area contributed by atoms with E-state index < -0.39 is 0 Å². The van der Waals surface area contributed by atoms with Crippen molar-refractivity contribution in [3.63, 3.8) is 0 Å². The molecule has 0 bridgehead atoms. The zero-order valence-corrected chi connectivity index (χ0v) is 7.98. The molecular weight excluding hydrogens is 172 g/mol. The average Bonchev–Trinajstić information content (AvgIpc) is 2.13. The molecule has 0 spiro atoms. The first-order valence-corrected chi connectivity index (χ1v) is 4.23. The van der Waals surface area contributed by atoms with Crippen molar-refractivity contribution in [3.8, 4) is 0 Å². The lowest BCUT2D eigenvalue weighted by Crippen LogP contribution is -1.89. The highest BCUT2D eigenvalue weighted by atomic mass is 35.5. The Balaban J connectivity index is 3.03. The zero-order valence-electron chi connectivity index (χ0n) is 7.23. The smallest absolute Gasteiger partial charge is 0.252 e. The maximum Gasteiger partial charge on any atom is 0.252 e. The molecule has 1 aliphatic rings. The zero-order chi connectivity index (χ0) is 9.14. The van der Waals surface area contributed by atoms with Gasteiger partial charge in [0, 0.05) is 5.57 Å². The lowest BCUT2D eigenvalue weighted by molar-refractivity contribution is -0.108. The predicted molar refractivity (Wildman–Crippen MR) is 51.1 cm³/mol. The van der Waals surface area contributed by atoms with Crippen molar-refractivity contribution in [2.24, 2.45) is 0 Å². The molecule has 12 heavy (non-hydrogen) atoms. The van der Waals surface area contributed by atoms with Crippen LogP contribution in [-0.2, 0) is 4.79 Å². The Morgan fingerprint density at radius 3 is 2.67 bits per heavy atom. The minimum Gasteiger partial charge on any atom is -0.276 e. The monoisotopic (exact) mass is 182 g/mol. The van der Waals surface area contributed by atoms with Gasteiger partial charge in [-0.15, -0.1) is 0 Å². The van der Waals surface area contributed by atoms with E-state index in [1.165, 1.54) is 0 Å². The van der Waals surface area contributed by atoms with Crippen LogP contribution in [0.25, 0.3) is 0 Å². The number of carbonyl (C=O) groups excluding carboxylic acids is 1. The Morgan fingerprint density at radius 2 is 2.08 bits per heavy atom. The van der Waals surface area contributed by atoms with E-state index >= 15 is 0 Å². The second-order valence-electron chi connectivity index (χ2n) is 3.02. The topological polar surface area (TPSA) is 17.1 Å². The summed E-state index contributed by atoms with van der Waals surface area (Å²) in [5, 5.41) is -0.385. The molecule has 0 saturated carbocycles. The van der Waals surface area contributed by atoms with Crippen LogP contribution in [0.4, 0.5) is 0 Å². The molecular formula is C10H11ClO. The van der Waals surface area contributed by atoms with E-state index in [1.807, 2.05) is 26.0 Å². The number of hydrogen-bond acceptors (Lipinski definition) is 1. The number of allylic oxidation sites excluding steroid dienone is 6. The molecule has 0 amide bonds. The fraction of sp³-hybridized carbons (Fsp3) is 0.300. The van der Waals surface area contributed by atoms with Crippen LogP contribution in [0.15, 0.2) is 34.9 Å². The lowest BCUT2D eigenvalue weighted by Gasteiger charge is -1.93. The van der Waals surface area contributed by atoms with Gasteiger partial charge in [-0.3, -0.25) is 4.79 Å². The van der Waals surface area contributed by atoms with Crippen LogP contribution in [0.1, 0.15) is 20.3 Å². The third kappa shape index (κ3) is 2.35. The van der Waals surface area contributed by atoms with E-state index in [1.54, 1.807) is 0 Å². The van der Waals surface area contributed by atoms with Gasteiger partial charge in [-0.25, -0.2) is 0 Å². The quantitative estimate of drug-likeness (QED) is 0.570. The molecule has 64 valence electrons. The first kappa shape index (κ1) is 9.27. The maximum absolute atomic E-state index is 10.9. The van der Waals surface area contributed by atoms with Crippen LogP contribution in [0.2, 0.25) is 0 Å². The number of hydrogen-bond donors (Lipinski definition) is 0. The first-order valence-electron chi connectivity index (χ1n) is 3.85. The summed E-state index contributed by atoms with van der Waals surface area (Å²) >= 11 is 5.38. The second-order valence-corrected chi connectivity index (χ2v) is 3.36. The van der Waals surface area contributed by atoms with Crippen LogP contribution in [-0.4, -0.2) is 5.24 Å². The van der Waals surface area contributed by atoms with Gasteiger partial charge in [0.15, 0.2) is 0 Å². The Labute approximate surface area is 77.4 Å². The molecule has 0 aliphatic heterocycles. The van der Waals surface area contributed by atoms with Gasteiger partial charge in [0.25, 0.3) is 5.24 Å². The molecule has 0 radical (unpaired) electrons. The SMILES string of the molecule is CC1=CCC(C)=CC(C(=O)Cl)=C1. The van der Waals surface area contributed by atoms with Crippen molar-refractivity contribution in [3.05, 3.63) is 34.9 Å². The molecule has 0 heterocycles. The highest BCUT2D eigenvalue weighted by Crippen LogP contribution is 2.17. The van der Waals surface area contributed by atoms with Crippen LogP contribution in [0.3, 0.4) is 0 Å². The molecule has 0 saturated heterocycles. The molecule has 0 aromatic carbocycles. The van der Waals surface area contributed by atoms with Crippen molar-refractivity contribution in [2.75, 3.05) is 0 Å². The Bertz CT molecular complexity index is 295. The summed E-state index contributed by atoms with van der Waals surface area (Å²) in [4.78, 5) is 10.9. The molecule has 0 N–H and O–H groups in total. The molecule has 0 aromatic rings. The van der Waals surface area contributed by atoms with Crippen LogP contribution in [0.5, 0.6) is 0 Å². The summed E-state index contributed by atoms with van der Waals surface area (Å²) in [5.41, 5.74) is 2.83. The van der Waals surface area contributed by atoms with Crippen molar-refractivity contribution in [1.29, 1.82) is 0 Å². The minimum absolute atomic E-state index is 0.385. The van der Waals surface area contributed by atoms with Crippen LogP contribution in [0, 0.1) is 0 Å². The van der Waals surface area contributed by atoms with Crippen molar-refractivity contribution < 1.29 is 4.79 Å². The second kappa shape index (κ2) is 3.72. The highest BCUT2D eigenvalue weighted by Gasteiger charge is 2.05. The Kier molecular flexibility index (Phi) is 2.88. The Hall–Kier alpha value is -0.820. The fourth-order valence-corrected chi connectivity index (χ4v) is 1.21. The number of rotatable bonds is 1. The van der Waals surface area contributed by atoms with E-state index in [-0.39, 0.29) is 5.24 Å². The summed E-state index contributed by atoms with van der Waals surface area (Å²) in [6.07, 6.45) is 6.63. The summed E-state index contributed by atoms with van der Waals surface area (Å²) in [5.74, 6) is 0. The molecule has 0 aromatic heterocycles. The van der Waals surface area contributed by atoms with Gasteiger partial charge >= 0.3 is 0 Å². The van der Waals surface area contributed by atoms with Gasteiger partial charge in [0.1, 0.15) is 0 Å². The third-order valence-corrected chi connectivity index (χ3v) is 1.98. The van der Waals surface area contributed by atoms with E-state index in [0.717, 1.165) is 17.6 Å². The van der Waals surface area contributed by atoms with Crippen molar-refractivity contribution in [1.82, 2.24) is 0 Å². The molecule has 0 atom stereocenters. The van der Waals surface area contributed by atoms with E-state index in [9.17, 15) is 4.79 Å². The van der Waals surface area contributed by atoms with Gasteiger partial charge < -0.3 is 0 Å². The maximum atomic E-state index is 10.9. The lowest BCUT2D eigenvalue weighted by atomic mass is 10.2. The minimum atomic E-state index is -0.385. The summed E-state index contributed by atoms with van der Waals surface area (Å²) < 4.78 is 0. The standard InChI is InChI=1S/C10H11ClO/c1-7-3-4-8(2)6-9(5-7)10(11)12/h3,5-6H,4H2,1-2H3. The van der Waals surface area contributed by atoms with Gasteiger partial charge in [0.05, 0.1) is 0 Å². The molecule has 1 rings (SSSR count). The average molecular weight is 183 g/mol. The molecule has 2 heteroatoms. The normalized spacial score (nSPS) is 17.4. The number of carbonyl (C=O) groups is 1. The van der Waals surface area contributed by atoms with Crippen LogP contribution >= 0.6 is 11.6 Å². The van der Waals surface area contributed by atoms with Crippen molar-refractivity contribution in [2.45, 2.75) is 20.3 Å². The molecule has 0 unspecified atom stereocenters. The summed E-state index contributed by atoms with van der Waals surface area (Å²) in [6, 6.07) is 0. The van der Waals surface area contributed by atoms with E-state index in [0.29, 0.717) is 5.57 Å². The van der Waals surface area contributed by atoms with E-state index in [2.05, 4.69) is 6.08 Å². The largest absolute Gasteiger partial charge is 0.276 e. The molecule has 0 fully saturated rings.